The molecule has 0 saturated carbocycles. The van der Waals surface area contributed by atoms with Crippen LogP contribution in [0.4, 0.5) is 17.5 Å². The summed E-state index contributed by atoms with van der Waals surface area (Å²) in [6, 6.07) is 21.7. The molecule has 1 saturated heterocycles. The van der Waals surface area contributed by atoms with Crippen LogP contribution >= 0.6 is 0 Å². The molecule has 1 aromatic heterocycles. The summed E-state index contributed by atoms with van der Waals surface area (Å²) in [6.07, 6.45) is 1.05. The van der Waals surface area contributed by atoms with E-state index in [1.807, 2.05) is 0 Å². The van der Waals surface area contributed by atoms with Crippen LogP contribution in [-0.2, 0) is 6.42 Å². The largest absolute Gasteiger partial charge is 0.338 e. The summed E-state index contributed by atoms with van der Waals surface area (Å²) in [4.78, 5) is 17.3. The van der Waals surface area contributed by atoms with Crippen LogP contribution in [0.3, 0.4) is 0 Å². The van der Waals surface area contributed by atoms with E-state index < -0.39 is 0 Å². The molecule has 0 radical (unpaired) electrons. The first-order valence-electron chi connectivity index (χ1n) is 11.0. The molecule has 5 nitrogen and oxygen atoms in total. The fraction of sp³-hybridized carbons (Fsp3) is 0.360. The number of piperazine rings is 1. The molecule has 3 heterocycles. The van der Waals surface area contributed by atoms with E-state index in [2.05, 4.69) is 89.2 Å². The number of aromatic nitrogens is 2. The van der Waals surface area contributed by atoms with Crippen LogP contribution in [-0.4, -0.2) is 53.6 Å². The Hall–Kier alpha value is -2.92. The number of likely N-dealkylation sites (N-methyl/N-ethyl adjacent to an activating group) is 1. The van der Waals surface area contributed by atoms with Gasteiger partial charge in [0.1, 0.15) is 5.82 Å². The first-order valence-corrected chi connectivity index (χ1v) is 11.0. The van der Waals surface area contributed by atoms with Crippen molar-refractivity contribution in [3.8, 4) is 11.3 Å². The number of nitrogens with zero attached hydrogens (tertiary/aromatic N) is 5. The first kappa shape index (κ1) is 19.1. The zero-order chi connectivity index (χ0) is 20.5. The maximum absolute atomic E-state index is 5.09. The molecule has 1 unspecified atom stereocenters. The van der Waals surface area contributed by atoms with Crippen LogP contribution in [0, 0.1) is 0 Å². The van der Waals surface area contributed by atoms with Gasteiger partial charge in [-0.1, -0.05) is 55.5 Å². The molecule has 0 N–H and O–H groups in total. The lowest BCUT2D eigenvalue weighted by Gasteiger charge is -2.34. The Morgan fingerprint density at radius 2 is 1.63 bits per heavy atom. The zero-order valence-corrected chi connectivity index (χ0v) is 17.8. The Bertz CT molecular complexity index is 1010. The fourth-order valence-electron chi connectivity index (χ4n) is 4.62. The molecule has 30 heavy (non-hydrogen) atoms. The molecule has 0 amide bonds. The minimum Gasteiger partial charge on any atom is -0.338 e. The third kappa shape index (κ3) is 3.54. The molecule has 3 aromatic rings. The average molecular weight is 400 g/mol. The molecule has 0 bridgehead atoms. The van der Waals surface area contributed by atoms with Gasteiger partial charge in [0.25, 0.3) is 0 Å². The monoisotopic (exact) mass is 399 g/mol. The number of anilines is 3. The van der Waals surface area contributed by atoms with Crippen molar-refractivity contribution in [3.63, 3.8) is 0 Å². The van der Waals surface area contributed by atoms with Gasteiger partial charge in [-0.2, -0.15) is 4.98 Å². The molecule has 0 aliphatic carbocycles. The normalized spacial score (nSPS) is 19.2. The van der Waals surface area contributed by atoms with E-state index in [0.717, 1.165) is 62.2 Å². The second kappa shape index (κ2) is 8.07. The van der Waals surface area contributed by atoms with Crippen LogP contribution in [0.25, 0.3) is 11.3 Å². The maximum Gasteiger partial charge on any atom is 0.227 e. The Morgan fingerprint density at radius 1 is 0.900 bits per heavy atom. The summed E-state index contributed by atoms with van der Waals surface area (Å²) in [5, 5.41) is 0. The van der Waals surface area contributed by atoms with Gasteiger partial charge in [0.05, 0.1) is 5.69 Å². The lowest BCUT2D eigenvalue weighted by molar-refractivity contribution is 0.270. The van der Waals surface area contributed by atoms with E-state index in [1.54, 1.807) is 0 Å². The number of hydrogen-bond acceptors (Lipinski definition) is 5. The third-order valence-corrected chi connectivity index (χ3v) is 6.33. The van der Waals surface area contributed by atoms with Gasteiger partial charge in [-0.15, -0.1) is 0 Å². The van der Waals surface area contributed by atoms with E-state index in [0.29, 0.717) is 6.04 Å². The molecule has 5 rings (SSSR count). The van der Waals surface area contributed by atoms with Gasteiger partial charge in [-0.3, -0.25) is 0 Å². The minimum atomic E-state index is 0.380. The smallest absolute Gasteiger partial charge is 0.227 e. The molecule has 5 heteroatoms. The quantitative estimate of drug-likeness (QED) is 0.651. The number of rotatable bonds is 4. The number of hydrogen-bond donors (Lipinski definition) is 0. The standard InChI is InChI=1S/C25H29N5/c1-3-28-13-15-29(16-14-28)25-26-22(20-9-5-4-6-10-20)18-24(27-25)30-19(2)17-21-11-7-8-12-23(21)30/h4-12,18-19H,3,13-17H2,1-2H3. The van der Waals surface area contributed by atoms with E-state index >= 15 is 0 Å². The van der Waals surface area contributed by atoms with Crippen LogP contribution in [0.2, 0.25) is 0 Å². The summed E-state index contributed by atoms with van der Waals surface area (Å²) < 4.78 is 0. The van der Waals surface area contributed by atoms with Crippen molar-refractivity contribution < 1.29 is 0 Å². The Balaban J connectivity index is 1.57. The van der Waals surface area contributed by atoms with E-state index in [1.165, 1.54) is 11.3 Å². The van der Waals surface area contributed by atoms with Gasteiger partial charge in [0.15, 0.2) is 0 Å². The van der Waals surface area contributed by atoms with Crippen molar-refractivity contribution in [1.29, 1.82) is 0 Å². The highest BCUT2D eigenvalue weighted by Crippen LogP contribution is 2.38. The molecule has 2 aliphatic heterocycles. The van der Waals surface area contributed by atoms with E-state index in [-0.39, 0.29) is 0 Å². The first-order chi connectivity index (χ1) is 14.7. The Labute approximate surface area is 179 Å². The van der Waals surface area contributed by atoms with Gasteiger partial charge in [-0.05, 0) is 31.5 Å². The third-order valence-electron chi connectivity index (χ3n) is 6.33. The minimum absolute atomic E-state index is 0.380. The number of fused-ring (bicyclic) bond motifs is 1. The van der Waals surface area contributed by atoms with Crippen LogP contribution in [0.5, 0.6) is 0 Å². The summed E-state index contributed by atoms with van der Waals surface area (Å²) in [7, 11) is 0. The average Bonchev–Trinajstić information content (AvgIpc) is 3.15. The highest BCUT2D eigenvalue weighted by molar-refractivity contribution is 5.73. The lowest BCUT2D eigenvalue weighted by Crippen LogP contribution is -2.46. The molecular formula is C25H29N5. The van der Waals surface area contributed by atoms with Crippen molar-refractivity contribution in [2.45, 2.75) is 26.3 Å². The topological polar surface area (TPSA) is 35.5 Å². The van der Waals surface area contributed by atoms with Crippen LogP contribution in [0.1, 0.15) is 19.4 Å². The van der Waals surface area contributed by atoms with Crippen LogP contribution < -0.4 is 9.80 Å². The Morgan fingerprint density at radius 3 is 2.40 bits per heavy atom. The van der Waals surface area contributed by atoms with Gasteiger partial charge in [0, 0.05) is 49.5 Å². The molecule has 1 fully saturated rings. The lowest BCUT2D eigenvalue weighted by atomic mass is 10.1. The summed E-state index contributed by atoms with van der Waals surface area (Å²) in [5.41, 5.74) is 4.78. The number of benzene rings is 2. The van der Waals surface area contributed by atoms with E-state index in [9.17, 15) is 0 Å². The van der Waals surface area contributed by atoms with Crippen molar-refractivity contribution in [2.75, 3.05) is 42.5 Å². The van der Waals surface area contributed by atoms with Crippen molar-refractivity contribution >= 4 is 17.5 Å². The Kier molecular flexibility index (Phi) is 5.13. The summed E-state index contributed by atoms with van der Waals surface area (Å²) in [6.45, 7) is 9.68. The van der Waals surface area contributed by atoms with Gasteiger partial charge < -0.3 is 14.7 Å². The predicted octanol–water partition coefficient (Wildman–Crippen LogP) is 4.37. The van der Waals surface area contributed by atoms with Gasteiger partial charge in [0.2, 0.25) is 5.95 Å². The maximum atomic E-state index is 5.09. The summed E-state index contributed by atoms with van der Waals surface area (Å²) in [5.74, 6) is 1.84. The van der Waals surface area contributed by atoms with E-state index in [4.69, 9.17) is 9.97 Å². The highest BCUT2D eigenvalue weighted by atomic mass is 15.3. The molecule has 1 atom stereocenters. The van der Waals surface area contributed by atoms with Gasteiger partial charge in [-0.25, -0.2) is 4.98 Å². The molecular weight excluding hydrogens is 370 g/mol. The molecule has 0 spiro atoms. The SMILES string of the molecule is CCN1CCN(c2nc(-c3ccccc3)cc(N3c4ccccc4CC3C)n2)CC1. The zero-order valence-electron chi connectivity index (χ0n) is 17.8. The number of para-hydroxylation sites is 1. The summed E-state index contributed by atoms with van der Waals surface area (Å²) >= 11 is 0. The molecule has 2 aliphatic rings. The van der Waals surface area contributed by atoms with Gasteiger partial charge >= 0.3 is 0 Å². The fourth-order valence-corrected chi connectivity index (χ4v) is 4.62. The molecule has 154 valence electrons. The van der Waals surface area contributed by atoms with Crippen molar-refractivity contribution in [1.82, 2.24) is 14.9 Å². The highest BCUT2D eigenvalue weighted by Gasteiger charge is 2.29. The predicted molar refractivity (Wildman–Crippen MR) is 124 cm³/mol. The van der Waals surface area contributed by atoms with Crippen LogP contribution in [0.15, 0.2) is 60.7 Å². The van der Waals surface area contributed by atoms with Crippen molar-refractivity contribution in [3.05, 3.63) is 66.2 Å². The van der Waals surface area contributed by atoms with Crippen molar-refractivity contribution in [2.24, 2.45) is 0 Å². The molecule has 2 aromatic carbocycles. The second-order valence-corrected chi connectivity index (χ2v) is 8.25. The second-order valence-electron chi connectivity index (χ2n) is 8.25.